The summed E-state index contributed by atoms with van der Waals surface area (Å²) in [5, 5.41) is 4.34. The van der Waals surface area contributed by atoms with Gasteiger partial charge in [-0.05, 0) is 42.8 Å². The van der Waals surface area contributed by atoms with Crippen LogP contribution in [0.4, 0.5) is 0 Å². The van der Waals surface area contributed by atoms with Gasteiger partial charge in [-0.25, -0.2) is 0 Å². The normalized spacial score (nSPS) is 11.6. The summed E-state index contributed by atoms with van der Waals surface area (Å²) in [6, 6.07) is 18.4. The second kappa shape index (κ2) is 13.0. The van der Waals surface area contributed by atoms with Crippen molar-refractivity contribution in [3.63, 3.8) is 0 Å². The van der Waals surface area contributed by atoms with Gasteiger partial charge in [0.05, 0.1) is 5.02 Å². The van der Waals surface area contributed by atoms with E-state index in [4.69, 9.17) is 51.1 Å². The number of nitrogens with one attached hydrogen (secondary N) is 1. The van der Waals surface area contributed by atoms with E-state index in [-0.39, 0.29) is 24.1 Å². The fourth-order valence-electron chi connectivity index (χ4n) is 3.51. The number of ether oxygens (including phenoxy) is 1. The number of carbonyl (C=O) groups excluding carboxylic acids is 2. The predicted molar refractivity (Wildman–Crippen MR) is 142 cm³/mol. The maximum Gasteiger partial charge on any atom is 0.261 e. The van der Waals surface area contributed by atoms with Gasteiger partial charge in [-0.15, -0.1) is 0 Å². The number of carbonyl (C=O) groups is 2. The van der Waals surface area contributed by atoms with Crippen molar-refractivity contribution in [3.05, 3.63) is 97.9 Å². The number of halogens is 4. The van der Waals surface area contributed by atoms with E-state index in [1.54, 1.807) is 30.3 Å². The Hall–Kier alpha value is -2.44. The van der Waals surface area contributed by atoms with Crippen LogP contribution in [0.5, 0.6) is 5.75 Å². The summed E-state index contributed by atoms with van der Waals surface area (Å²) in [5.74, 6) is -0.422. The average molecular weight is 554 g/mol. The van der Waals surface area contributed by atoms with Crippen molar-refractivity contribution in [1.29, 1.82) is 0 Å². The van der Waals surface area contributed by atoms with Crippen molar-refractivity contribution in [1.82, 2.24) is 10.2 Å². The Balaban J connectivity index is 1.95. The minimum absolute atomic E-state index is 0.0175. The van der Waals surface area contributed by atoms with Gasteiger partial charge in [0.2, 0.25) is 5.91 Å². The van der Waals surface area contributed by atoms with Crippen molar-refractivity contribution in [2.24, 2.45) is 0 Å². The van der Waals surface area contributed by atoms with E-state index in [1.807, 2.05) is 37.3 Å². The standard InChI is InChI=1S/C26H24Cl4N2O3/c1-2-31-26(34)23(13-17-7-4-3-5-8-17)32(15-19-20(28)9-6-10-21(19)29)25(33)16-35-24-12-11-18(27)14-22(24)30/h3-12,14,23H,2,13,15-16H2,1H3,(H,31,34)/t23-/m0/s1. The first-order chi connectivity index (χ1) is 16.8. The molecule has 0 radical (unpaired) electrons. The SMILES string of the molecule is CCNC(=O)[C@H](Cc1ccccc1)N(Cc1c(Cl)cccc1Cl)C(=O)COc1ccc(Cl)cc1Cl. The van der Waals surface area contributed by atoms with Crippen LogP contribution < -0.4 is 10.1 Å². The summed E-state index contributed by atoms with van der Waals surface area (Å²) in [4.78, 5) is 28.1. The summed E-state index contributed by atoms with van der Waals surface area (Å²) in [6.07, 6.45) is 0.294. The number of likely N-dealkylation sites (N-methyl/N-ethyl adjacent to an activating group) is 1. The van der Waals surface area contributed by atoms with E-state index >= 15 is 0 Å². The molecule has 1 atom stereocenters. The molecule has 9 heteroatoms. The lowest BCUT2D eigenvalue weighted by Crippen LogP contribution is -2.51. The molecule has 0 saturated heterocycles. The molecule has 35 heavy (non-hydrogen) atoms. The smallest absolute Gasteiger partial charge is 0.261 e. The maximum atomic E-state index is 13.5. The number of benzene rings is 3. The Morgan fingerprint density at radius 3 is 2.23 bits per heavy atom. The molecule has 0 spiro atoms. The van der Waals surface area contributed by atoms with Gasteiger partial charge in [0.15, 0.2) is 6.61 Å². The zero-order chi connectivity index (χ0) is 25.4. The lowest BCUT2D eigenvalue weighted by atomic mass is 10.0. The monoisotopic (exact) mass is 552 g/mol. The van der Waals surface area contributed by atoms with Crippen LogP contribution in [0.2, 0.25) is 20.1 Å². The Morgan fingerprint density at radius 1 is 0.914 bits per heavy atom. The van der Waals surface area contributed by atoms with Crippen LogP contribution in [0, 0.1) is 0 Å². The Labute approximate surface area is 224 Å². The van der Waals surface area contributed by atoms with Gasteiger partial charge in [-0.1, -0.05) is 82.8 Å². The summed E-state index contributed by atoms with van der Waals surface area (Å²) in [7, 11) is 0. The molecule has 1 N–H and O–H groups in total. The van der Waals surface area contributed by atoms with Crippen LogP contribution in [0.1, 0.15) is 18.1 Å². The van der Waals surface area contributed by atoms with Crippen LogP contribution in [0.25, 0.3) is 0 Å². The van der Waals surface area contributed by atoms with E-state index in [1.165, 1.54) is 11.0 Å². The van der Waals surface area contributed by atoms with Gasteiger partial charge in [0.25, 0.3) is 5.91 Å². The minimum atomic E-state index is -0.832. The van der Waals surface area contributed by atoms with Crippen molar-refractivity contribution >= 4 is 58.2 Å². The van der Waals surface area contributed by atoms with Gasteiger partial charge in [-0.3, -0.25) is 9.59 Å². The molecule has 3 aromatic carbocycles. The zero-order valence-electron chi connectivity index (χ0n) is 18.9. The molecule has 0 aliphatic rings. The fourth-order valence-corrected chi connectivity index (χ4v) is 4.49. The quantitative estimate of drug-likeness (QED) is 0.313. The molecule has 2 amide bonds. The molecule has 0 aliphatic carbocycles. The Kier molecular flexibility index (Phi) is 10.1. The second-order valence-corrected chi connectivity index (χ2v) is 9.34. The molecule has 0 bridgehead atoms. The van der Waals surface area contributed by atoms with Crippen LogP contribution in [0.15, 0.2) is 66.7 Å². The van der Waals surface area contributed by atoms with Crippen LogP contribution in [0.3, 0.4) is 0 Å². The number of hydrogen-bond donors (Lipinski definition) is 1. The summed E-state index contributed by atoms with van der Waals surface area (Å²) < 4.78 is 5.69. The molecular weight excluding hydrogens is 530 g/mol. The molecule has 0 aromatic heterocycles. The summed E-state index contributed by atoms with van der Waals surface area (Å²) in [5.41, 5.74) is 1.43. The van der Waals surface area contributed by atoms with Gasteiger partial charge in [0, 0.05) is 40.1 Å². The Bertz CT molecular complexity index is 1150. The van der Waals surface area contributed by atoms with Crippen molar-refractivity contribution in [2.75, 3.05) is 13.2 Å². The largest absolute Gasteiger partial charge is 0.482 e. The first-order valence-electron chi connectivity index (χ1n) is 10.9. The molecule has 0 fully saturated rings. The zero-order valence-corrected chi connectivity index (χ0v) is 22.0. The van der Waals surface area contributed by atoms with Crippen LogP contribution in [-0.2, 0) is 22.6 Å². The van der Waals surface area contributed by atoms with E-state index in [0.717, 1.165) is 5.56 Å². The minimum Gasteiger partial charge on any atom is -0.482 e. The number of nitrogens with zero attached hydrogens (tertiary/aromatic N) is 1. The highest BCUT2D eigenvalue weighted by Gasteiger charge is 2.31. The summed E-state index contributed by atoms with van der Waals surface area (Å²) >= 11 is 25.0. The predicted octanol–water partition coefficient (Wildman–Crippen LogP) is 6.46. The molecule has 5 nitrogen and oxygen atoms in total. The molecule has 0 aliphatic heterocycles. The molecule has 0 unspecified atom stereocenters. The fraction of sp³-hybridized carbons (Fsp3) is 0.231. The van der Waals surface area contributed by atoms with E-state index in [9.17, 15) is 9.59 Å². The lowest BCUT2D eigenvalue weighted by molar-refractivity contribution is -0.142. The number of amides is 2. The van der Waals surface area contributed by atoms with E-state index in [2.05, 4.69) is 5.32 Å². The van der Waals surface area contributed by atoms with Gasteiger partial charge in [0.1, 0.15) is 11.8 Å². The van der Waals surface area contributed by atoms with Crippen molar-refractivity contribution in [2.45, 2.75) is 25.9 Å². The Morgan fingerprint density at radius 2 is 1.60 bits per heavy atom. The van der Waals surface area contributed by atoms with Gasteiger partial charge >= 0.3 is 0 Å². The average Bonchev–Trinajstić information content (AvgIpc) is 2.83. The van der Waals surface area contributed by atoms with Crippen molar-refractivity contribution < 1.29 is 14.3 Å². The lowest BCUT2D eigenvalue weighted by Gasteiger charge is -2.32. The maximum absolute atomic E-state index is 13.5. The molecule has 3 aromatic rings. The number of hydrogen-bond acceptors (Lipinski definition) is 3. The highest BCUT2D eigenvalue weighted by atomic mass is 35.5. The first-order valence-corrected chi connectivity index (χ1v) is 12.4. The van der Waals surface area contributed by atoms with Gasteiger partial charge < -0.3 is 15.0 Å². The molecule has 3 rings (SSSR count). The van der Waals surface area contributed by atoms with Gasteiger partial charge in [-0.2, -0.15) is 0 Å². The number of rotatable bonds is 10. The highest BCUT2D eigenvalue weighted by molar-refractivity contribution is 6.36. The topological polar surface area (TPSA) is 58.6 Å². The van der Waals surface area contributed by atoms with Crippen LogP contribution >= 0.6 is 46.4 Å². The molecule has 184 valence electrons. The highest BCUT2D eigenvalue weighted by Crippen LogP contribution is 2.29. The third-order valence-corrected chi connectivity index (χ3v) is 6.50. The molecular formula is C26H24Cl4N2O3. The van der Waals surface area contributed by atoms with Crippen LogP contribution in [-0.4, -0.2) is 35.9 Å². The summed E-state index contributed by atoms with van der Waals surface area (Å²) in [6.45, 7) is 1.90. The van der Waals surface area contributed by atoms with Crippen molar-refractivity contribution in [3.8, 4) is 5.75 Å². The molecule has 0 heterocycles. The first kappa shape index (κ1) is 27.2. The third kappa shape index (κ3) is 7.52. The second-order valence-electron chi connectivity index (χ2n) is 7.69. The molecule has 0 saturated carbocycles. The van der Waals surface area contributed by atoms with E-state index in [0.29, 0.717) is 39.3 Å². The van der Waals surface area contributed by atoms with E-state index < -0.39 is 11.9 Å². The third-order valence-electron chi connectivity index (χ3n) is 5.26.